The molecule has 0 aromatic heterocycles. The third-order valence-electron chi connectivity index (χ3n) is 3.80. The van der Waals surface area contributed by atoms with Crippen LogP contribution in [-0.2, 0) is 11.2 Å². The van der Waals surface area contributed by atoms with E-state index in [0.717, 1.165) is 22.4 Å². The molecule has 1 amide bonds. The molecule has 0 spiro atoms. The molecule has 0 saturated carbocycles. The van der Waals surface area contributed by atoms with Gasteiger partial charge in [0.1, 0.15) is 11.6 Å². The zero-order chi connectivity index (χ0) is 16.8. The predicted octanol–water partition coefficient (Wildman–Crippen LogP) is 3.49. The van der Waals surface area contributed by atoms with Gasteiger partial charge in [-0.3, -0.25) is 4.79 Å². The van der Waals surface area contributed by atoms with E-state index < -0.39 is 0 Å². The number of rotatable bonds is 6. The van der Waals surface area contributed by atoms with E-state index in [-0.39, 0.29) is 18.3 Å². The van der Waals surface area contributed by atoms with Crippen molar-refractivity contribution in [1.82, 2.24) is 5.32 Å². The van der Waals surface area contributed by atoms with Crippen LogP contribution in [0.2, 0.25) is 0 Å². The fourth-order valence-electron chi connectivity index (χ4n) is 2.28. The van der Waals surface area contributed by atoms with Crippen LogP contribution in [-0.4, -0.2) is 19.1 Å². The Bertz CT molecular complexity index is 681. The third-order valence-corrected chi connectivity index (χ3v) is 3.80. The van der Waals surface area contributed by atoms with Crippen molar-refractivity contribution in [2.45, 2.75) is 27.2 Å². The topological polar surface area (TPSA) is 38.3 Å². The van der Waals surface area contributed by atoms with E-state index in [0.29, 0.717) is 13.0 Å². The molecule has 0 fully saturated rings. The highest BCUT2D eigenvalue weighted by Gasteiger charge is 2.06. The van der Waals surface area contributed by atoms with Crippen LogP contribution in [0, 0.1) is 26.6 Å². The molecule has 122 valence electrons. The second kappa shape index (κ2) is 7.77. The molecule has 2 aromatic carbocycles. The van der Waals surface area contributed by atoms with Crippen molar-refractivity contribution in [2.75, 3.05) is 13.2 Å². The van der Waals surface area contributed by atoms with Crippen molar-refractivity contribution in [3.8, 4) is 5.75 Å². The number of halogens is 1. The number of carbonyl (C=O) groups excluding carboxylic acids is 1. The van der Waals surface area contributed by atoms with Crippen LogP contribution in [0.3, 0.4) is 0 Å². The Labute approximate surface area is 136 Å². The summed E-state index contributed by atoms with van der Waals surface area (Å²) in [6, 6.07) is 10.3. The minimum Gasteiger partial charge on any atom is -0.483 e. The van der Waals surface area contributed by atoms with Crippen LogP contribution in [0.5, 0.6) is 5.75 Å². The first-order valence-electron chi connectivity index (χ1n) is 7.67. The largest absolute Gasteiger partial charge is 0.483 e. The molecule has 0 aliphatic rings. The molecule has 0 aliphatic heterocycles. The third kappa shape index (κ3) is 5.09. The second-order valence-corrected chi connectivity index (χ2v) is 5.72. The summed E-state index contributed by atoms with van der Waals surface area (Å²) in [5, 5.41) is 2.80. The molecule has 23 heavy (non-hydrogen) atoms. The molecule has 1 N–H and O–H groups in total. The Kier molecular flexibility index (Phi) is 5.74. The number of carbonyl (C=O) groups is 1. The van der Waals surface area contributed by atoms with Gasteiger partial charge in [-0.15, -0.1) is 0 Å². The summed E-state index contributed by atoms with van der Waals surface area (Å²) in [6.45, 7) is 6.53. The highest BCUT2D eigenvalue weighted by Crippen LogP contribution is 2.22. The van der Waals surface area contributed by atoms with Crippen LogP contribution in [0.25, 0.3) is 0 Å². The van der Waals surface area contributed by atoms with Gasteiger partial charge in [0.2, 0.25) is 0 Å². The van der Waals surface area contributed by atoms with Gasteiger partial charge in [-0.2, -0.15) is 0 Å². The van der Waals surface area contributed by atoms with Gasteiger partial charge in [0, 0.05) is 6.54 Å². The maximum absolute atomic E-state index is 12.8. The first-order chi connectivity index (χ1) is 11.0. The highest BCUT2D eigenvalue weighted by molar-refractivity contribution is 5.77. The van der Waals surface area contributed by atoms with Crippen LogP contribution in [0.4, 0.5) is 4.39 Å². The summed E-state index contributed by atoms with van der Waals surface area (Å²) >= 11 is 0. The Balaban J connectivity index is 1.77. The van der Waals surface area contributed by atoms with Gasteiger partial charge in [0.25, 0.3) is 5.91 Å². The number of hydrogen-bond donors (Lipinski definition) is 1. The second-order valence-electron chi connectivity index (χ2n) is 5.72. The predicted molar refractivity (Wildman–Crippen MR) is 89.3 cm³/mol. The van der Waals surface area contributed by atoms with Crippen molar-refractivity contribution in [2.24, 2.45) is 0 Å². The van der Waals surface area contributed by atoms with Crippen LogP contribution >= 0.6 is 0 Å². The molecule has 0 aliphatic carbocycles. The van der Waals surface area contributed by atoms with Gasteiger partial charge in [-0.05, 0) is 67.6 Å². The Morgan fingerprint density at radius 3 is 2.39 bits per heavy atom. The van der Waals surface area contributed by atoms with E-state index in [1.54, 1.807) is 12.1 Å². The minimum atomic E-state index is -0.255. The van der Waals surface area contributed by atoms with Crippen LogP contribution in [0.15, 0.2) is 36.4 Å². The average Bonchev–Trinajstić information content (AvgIpc) is 2.51. The average molecular weight is 315 g/mol. The summed E-state index contributed by atoms with van der Waals surface area (Å²) in [4.78, 5) is 11.8. The number of benzene rings is 2. The lowest BCUT2D eigenvalue weighted by atomic mass is 10.1. The number of hydrogen-bond acceptors (Lipinski definition) is 2. The normalized spacial score (nSPS) is 10.4. The van der Waals surface area contributed by atoms with Crippen LogP contribution < -0.4 is 10.1 Å². The summed E-state index contributed by atoms with van der Waals surface area (Å²) in [5.41, 5.74) is 4.35. The molecule has 0 saturated heterocycles. The fraction of sp³-hybridized carbons (Fsp3) is 0.316. The lowest BCUT2D eigenvalue weighted by Crippen LogP contribution is -2.30. The summed E-state index contributed by atoms with van der Waals surface area (Å²) in [5.74, 6) is 0.321. The van der Waals surface area contributed by atoms with E-state index >= 15 is 0 Å². The Morgan fingerprint density at radius 1 is 1.04 bits per heavy atom. The molecule has 2 aromatic rings. The van der Waals surface area contributed by atoms with Crippen molar-refractivity contribution in [3.63, 3.8) is 0 Å². The van der Waals surface area contributed by atoms with Gasteiger partial charge in [-0.1, -0.05) is 18.2 Å². The molecule has 0 heterocycles. The standard InChI is InChI=1S/C19H22FNO2/c1-13-10-15(3)18(11-14(13)2)23-12-19(22)21-9-8-16-4-6-17(20)7-5-16/h4-7,10-11H,8-9,12H2,1-3H3,(H,21,22). The molecule has 0 unspecified atom stereocenters. The lowest BCUT2D eigenvalue weighted by Gasteiger charge is -2.12. The first kappa shape index (κ1) is 17.0. The van der Waals surface area contributed by atoms with E-state index in [2.05, 4.69) is 11.4 Å². The van der Waals surface area contributed by atoms with Crippen molar-refractivity contribution in [3.05, 3.63) is 64.5 Å². The number of aryl methyl sites for hydroxylation is 3. The Morgan fingerprint density at radius 2 is 1.70 bits per heavy atom. The van der Waals surface area contributed by atoms with Gasteiger partial charge in [-0.25, -0.2) is 4.39 Å². The van der Waals surface area contributed by atoms with E-state index in [9.17, 15) is 9.18 Å². The number of nitrogens with one attached hydrogen (secondary N) is 1. The first-order valence-corrected chi connectivity index (χ1v) is 7.67. The fourth-order valence-corrected chi connectivity index (χ4v) is 2.28. The quantitative estimate of drug-likeness (QED) is 0.886. The smallest absolute Gasteiger partial charge is 0.257 e. The van der Waals surface area contributed by atoms with Crippen molar-refractivity contribution in [1.29, 1.82) is 0 Å². The van der Waals surface area contributed by atoms with Gasteiger partial charge in [0.05, 0.1) is 0 Å². The molecule has 4 heteroatoms. The molecular weight excluding hydrogens is 293 g/mol. The van der Waals surface area contributed by atoms with Gasteiger partial charge >= 0.3 is 0 Å². The van der Waals surface area contributed by atoms with Crippen molar-refractivity contribution >= 4 is 5.91 Å². The monoisotopic (exact) mass is 315 g/mol. The van der Waals surface area contributed by atoms with Crippen molar-refractivity contribution < 1.29 is 13.9 Å². The Hall–Kier alpha value is -2.36. The van der Waals surface area contributed by atoms with E-state index in [4.69, 9.17) is 4.74 Å². The molecule has 0 bridgehead atoms. The maximum atomic E-state index is 12.8. The highest BCUT2D eigenvalue weighted by atomic mass is 19.1. The number of amides is 1. The summed E-state index contributed by atoms with van der Waals surface area (Å²) in [7, 11) is 0. The minimum absolute atomic E-state index is 0.00718. The van der Waals surface area contributed by atoms with E-state index in [1.165, 1.54) is 17.7 Å². The van der Waals surface area contributed by atoms with Gasteiger partial charge < -0.3 is 10.1 Å². The molecule has 0 atom stereocenters. The molecule has 3 nitrogen and oxygen atoms in total. The number of ether oxygens (including phenoxy) is 1. The van der Waals surface area contributed by atoms with E-state index in [1.807, 2.05) is 26.8 Å². The molecular formula is C19H22FNO2. The molecule has 2 rings (SSSR count). The molecule has 0 radical (unpaired) electrons. The maximum Gasteiger partial charge on any atom is 0.257 e. The zero-order valence-corrected chi connectivity index (χ0v) is 13.8. The van der Waals surface area contributed by atoms with Gasteiger partial charge in [0.15, 0.2) is 6.61 Å². The summed E-state index contributed by atoms with van der Waals surface area (Å²) < 4.78 is 18.4. The zero-order valence-electron chi connectivity index (χ0n) is 13.8. The SMILES string of the molecule is Cc1cc(C)c(OCC(=O)NCCc2ccc(F)cc2)cc1C. The van der Waals surface area contributed by atoms with Crippen LogP contribution in [0.1, 0.15) is 22.3 Å². The lowest BCUT2D eigenvalue weighted by molar-refractivity contribution is -0.123. The summed E-state index contributed by atoms with van der Waals surface area (Å²) in [6.07, 6.45) is 0.661.